The Bertz CT molecular complexity index is 684. The smallest absolute Gasteiger partial charge is 0.258 e. The highest BCUT2D eigenvalue weighted by molar-refractivity contribution is 5.97. The average Bonchev–Trinajstić information content (AvgIpc) is 2.32. The highest BCUT2D eigenvalue weighted by atomic mass is 16.2. The van der Waals surface area contributed by atoms with Crippen LogP contribution in [0.4, 0.5) is 0 Å². The predicted octanol–water partition coefficient (Wildman–Crippen LogP) is 1.55. The molecule has 0 unspecified atom stereocenters. The summed E-state index contributed by atoms with van der Waals surface area (Å²) in [6.07, 6.45) is 1.60. The summed E-state index contributed by atoms with van der Waals surface area (Å²) in [5.41, 5.74) is 1.85. The van der Waals surface area contributed by atoms with Crippen molar-refractivity contribution < 1.29 is 4.79 Å². The fourth-order valence-corrected chi connectivity index (χ4v) is 2.00. The Hall–Kier alpha value is -2.10. The quantitative estimate of drug-likeness (QED) is 0.763. The van der Waals surface area contributed by atoms with Gasteiger partial charge in [0, 0.05) is 32.7 Å². The lowest BCUT2D eigenvalue weighted by atomic mass is 10.1. The average molecular weight is 244 g/mol. The summed E-state index contributed by atoms with van der Waals surface area (Å²) >= 11 is 0. The van der Waals surface area contributed by atoms with E-state index in [0.29, 0.717) is 5.39 Å². The Labute approximate surface area is 105 Å². The lowest BCUT2D eigenvalue weighted by Crippen LogP contribution is -2.28. The second kappa shape index (κ2) is 4.29. The minimum Gasteiger partial charge on any atom is -0.350 e. The van der Waals surface area contributed by atoms with Crippen LogP contribution < -0.4 is 5.43 Å². The van der Waals surface area contributed by atoms with Gasteiger partial charge in [0.1, 0.15) is 5.56 Å². The van der Waals surface area contributed by atoms with Gasteiger partial charge >= 0.3 is 0 Å². The fourth-order valence-electron chi connectivity index (χ4n) is 2.00. The number of fused-ring (bicyclic) bond motifs is 1. The van der Waals surface area contributed by atoms with Gasteiger partial charge in [-0.15, -0.1) is 0 Å². The van der Waals surface area contributed by atoms with E-state index in [9.17, 15) is 9.59 Å². The molecule has 0 aliphatic carbocycles. The van der Waals surface area contributed by atoms with Crippen LogP contribution in [0, 0.1) is 6.92 Å². The molecule has 2 rings (SSSR count). The molecule has 18 heavy (non-hydrogen) atoms. The molecule has 2 aromatic rings. The Morgan fingerprint density at radius 2 is 1.94 bits per heavy atom. The Morgan fingerprint density at radius 1 is 1.28 bits per heavy atom. The monoisotopic (exact) mass is 244 g/mol. The molecule has 0 saturated carbocycles. The summed E-state index contributed by atoms with van der Waals surface area (Å²) in [5.74, 6) is -0.265. The van der Waals surface area contributed by atoms with Crippen molar-refractivity contribution in [3.63, 3.8) is 0 Å². The molecular formula is C14H16N2O2. The van der Waals surface area contributed by atoms with Crippen molar-refractivity contribution in [1.82, 2.24) is 9.47 Å². The minimum absolute atomic E-state index is 0.203. The van der Waals surface area contributed by atoms with Crippen molar-refractivity contribution in [2.24, 2.45) is 7.05 Å². The first kappa shape index (κ1) is 12.4. The molecule has 0 saturated heterocycles. The zero-order chi connectivity index (χ0) is 13.4. The zero-order valence-electron chi connectivity index (χ0n) is 11.0. The molecule has 0 fully saturated rings. The molecule has 0 radical (unpaired) electrons. The van der Waals surface area contributed by atoms with E-state index in [1.54, 1.807) is 20.3 Å². The van der Waals surface area contributed by atoms with Gasteiger partial charge in [-0.3, -0.25) is 9.59 Å². The van der Waals surface area contributed by atoms with E-state index in [4.69, 9.17) is 0 Å². The van der Waals surface area contributed by atoms with Gasteiger partial charge in [0.05, 0.1) is 5.52 Å². The third-order valence-corrected chi connectivity index (χ3v) is 2.98. The molecule has 0 N–H and O–H groups in total. The third-order valence-electron chi connectivity index (χ3n) is 2.98. The zero-order valence-corrected chi connectivity index (χ0v) is 11.0. The second-order valence-corrected chi connectivity index (χ2v) is 4.70. The molecule has 1 aromatic heterocycles. The maximum atomic E-state index is 12.3. The fraction of sp³-hybridized carbons (Fsp3) is 0.286. The van der Waals surface area contributed by atoms with Gasteiger partial charge in [-0.25, -0.2) is 0 Å². The number of carbonyl (C=O) groups is 1. The maximum Gasteiger partial charge on any atom is 0.258 e. The van der Waals surface area contributed by atoms with Crippen molar-refractivity contribution >= 4 is 16.8 Å². The van der Waals surface area contributed by atoms with Crippen LogP contribution in [0.2, 0.25) is 0 Å². The number of benzene rings is 1. The highest BCUT2D eigenvalue weighted by Crippen LogP contribution is 2.13. The Morgan fingerprint density at radius 3 is 2.56 bits per heavy atom. The number of hydrogen-bond donors (Lipinski definition) is 0. The number of hydrogen-bond acceptors (Lipinski definition) is 2. The van der Waals surface area contributed by atoms with Gasteiger partial charge in [-0.05, 0) is 19.1 Å². The largest absolute Gasteiger partial charge is 0.350 e. The molecule has 4 nitrogen and oxygen atoms in total. The summed E-state index contributed by atoms with van der Waals surface area (Å²) in [5, 5.41) is 0.588. The number of rotatable bonds is 1. The second-order valence-electron chi connectivity index (χ2n) is 4.70. The first-order valence-electron chi connectivity index (χ1n) is 5.73. The normalized spacial score (nSPS) is 10.7. The van der Waals surface area contributed by atoms with Crippen LogP contribution in [0.15, 0.2) is 29.2 Å². The molecule has 1 heterocycles. The van der Waals surface area contributed by atoms with Crippen LogP contribution in [0.25, 0.3) is 10.9 Å². The van der Waals surface area contributed by atoms with Gasteiger partial charge < -0.3 is 9.47 Å². The maximum absolute atomic E-state index is 12.3. The summed E-state index contributed by atoms with van der Waals surface area (Å²) < 4.78 is 1.81. The third kappa shape index (κ3) is 1.90. The van der Waals surface area contributed by atoms with Crippen LogP contribution in [0.3, 0.4) is 0 Å². The number of aromatic nitrogens is 1. The van der Waals surface area contributed by atoms with Crippen LogP contribution in [0.1, 0.15) is 15.9 Å². The van der Waals surface area contributed by atoms with Crippen LogP contribution in [0.5, 0.6) is 0 Å². The first-order valence-corrected chi connectivity index (χ1v) is 5.73. The highest BCUT2D eigenvalue weighted by Gasteiger charge is 2.15. The van der Waals surface area contributed by atoms with Crippen molar-refractivity contribution in [3.8, 4) is 0 Å². The van der Waals surface area contributed by atoms with E-state index in [1.807, 2.05) is 36.7 Å². The van der Waals surface area contributed by atoms with Gasteiger partial charge in [-0.2, -0.15) is 0 Å². The van der Waals surface area contributed by atoms with E-state index in [2.05, 4.69) is 0 Å². The molecule has 4 heteroatoms. The number of amides is 1. The topological polar surface area (TPSA) is 42.3 Å². The van der Waals surface area contributed by atoms with Crippen LogP contribution in [-0.4, -0.2) is 29.5 Å². The summed E-state index contributed by atoms with van der Waals surface area (Å²) in [6, 6.07) is 5.68. The minimum atomic E-state index is -0.265. The number of carbonyl (C=O) groups excluding carboxylic acids is 1. The summed E-state index contributed by atoms with van der Waals surface area (Å²) in [6.45, 7) is 1.93. The Balaban J connectivity index is 2.83. The lowest BCUT2D eigenvalue weighted by molar-refractivity contribution is 0.0826. The van der Waals surface area contributed by atoms with E-state index in [-0.39, 0.29) is 16.9 Å². The van der Waals surface area contributed by atoms with Crippen molar-refractivity contribution in [1.29, 1.82) is 0 Å². The standard InChI is InChI=1S/C14H16N2O2/c1-9-5-6-12-10(7-9)13(17)11(8-16(12)4)14(18)15(2)3/h5-8H,1-4H3. The molecule has 0 spiro atoms. The van der Waals surface area contributed by atoms with Crippen LogP contribution >= 0.6 is 0 Å². The molecular weight excluding hydrogens is 228 g/mol. The van der Waals surface area contributed by atoms with Gasteiger partial charge in [0.15, 0.2) is 0 Å². The number of nitrogens with zero attached hydrogens (tertiary/aromatic N) is 2. The molecule has 1 aromatic carbocycles. The van der Waals surface area contributed by atoms with Crippen LogP contribution in [-0.2, 0) is 7.05 Å². The van der Waals surface area contributed by atoms with E-state index < -0.39 is 0 Å². The van der Waals surface area contributed by atoms with Crippen molar-refractivity contribution in [2.75, 3.05) is 14.1 Å². The first-order chi connectivity index (χ1) is 8.41. The van der Waals surface area contributed by atoms with Crippen molar-refractivity contribution in [2.45, 2.75) is 6.92 Å². The van der Waals surface area contributed by atoms with Crippen molar-refractivity contribution in [3.05, 3.63) is 45.7 Å². The Kier molecular flexibility index (Phi) is 2.95. The summed E-state index contributed by atoms with van der Waals surface area (Å²) in [4.78, 5) is 25.7. The molecule has 94 valence electrons. The molecule has 1 amide bonds. The SMILES string of the molecule is Cc1ccc2c(c1)c(=O)c(C(=O)N(C)C)cn2C. The van der Waals surface area contributed by atoms with Gasteiger partial charge in [0.25, 0.3) is 5.91 Å². The van der Waals surface area contributed by atoms with Gasteiger partial charge in [-0.1, -0.05) is 11.6 Å². The molecule has 0 bridgehead atoms. The van der Waals surface area contributed by atoms with E-state index in [1.165, 1.54) is 4.90 Å². The molecule has 0 aliphatic rings. The van der Waals surface area contributed by atoms with E-state index >= 15 is 0 Å². The molecule has 0 atom stereocenters. The molecule has 0 aliphatic heterocycles. The predicted molar refractivity (Wildman–Crippen MR) is 71.9 cm³/mol. The lowest BCUT2D eigenvalue weighted by Gasteiger charge is -2.13. The number of aryl methyl sites for hydroxylation is 2. The summed E-state index contributed by atoms with van der Waals surface area (Å²) in [7, 11) is 5.12. The number of pyridine rings is 1. The van der Waals surface area contributed by atoms with E-state index in [0.717, 1.165) is 11.1 Å². The van der Waals surface area contributed by atoms with Gasteiger partial charge in [0.2, 0.25) is 5.43 Å².